The summed E-state index contributed by atoms with van der Waals surface area (Å²) in [5, 5.41) is 2.68. The lowest BCUT2D eigenvalue weighted by molar-refractivity contribution is -0.137. The van der Waals surface area contributed by atoms with E-state index in [-0.39, 0.29) is 16.8 Å². The molecule has 34 heavy (non-hydrogen) atoms. The molecule has 1 unspecified atom stereocenters. The average Bonchev–Trinajstić information content (AvgIpc) is 2.83. The van der Waals surface area contributed by atoms with Crippen LogP contribution < -0.4 is 5.32 Å². The Bertz CT molecular complexity index is 1020. The first kappa shape index (κ1) is 25.9. The van der Waals surface area contributed by atoms with Crippen LogP contribution in [-0.2, 0) is 15.8 Å². The van der Waals surface area contributed by atoms with Gasteiger partial charge in [0.2, 0.25) is 11.8 Å². The number of amides is 2. The minimum atomic E-state index is -4.57. The van der Waals surface area contributed by atoms with Crippen LogP contribution in [0.2, 0.25) is 0 Å². The molecule has 1 heterocycles. The maximum atomic E-state index is 13.7. The van der Waals surface area contributed by atoms with E-state index < -0.39 is 23.6 Å². The molecule has 1 saturated heterocycles. The SMILES string of the molecule is CCC(C)Sc1ccc(NC(=O)C2CCN(C(=O)/C=C/c3ccccc3)CC2)c(C(F)(F)F)c1. The molecule has 1 atom stereocenters. The van der Waals surface area contributed by atoms with Crippen LogP contribution in [0.5, 0.6) is 0 Å². The van der Waals surface area contributed by atoms with Gasteiger partial charge in [0.15, 0.2) is 0 Å². The number of carbonyl (C=O) groups is 2. The Morgan fingerprint density at radius 3 is 2.44 bits per heavy atom. The summed E-state index contributed by atoms with van der Waals surface area (Å²) in [4.78, 5) is 27.4. The van der Waals surface area contributed by atoms with Crippen molar-refractivity contribution in [2.45, 2.75) is 49.4 Å². The van der Waals surface area contributed by atoms with Gasteiger partial charge in [0.1, 0.15) is 0 Å². The molecule has 0 bridgehead atoms. The number of anilines is 1. The first-order valence-electron chi connectivity index (χ1n) is 11.4. The van der Waals surface area contributed by atoms with Crippen molar-refractivity contribution in [3.05, 3.63) is 65.7 Å². The normalized spacial score (nSPS) is 16.0. The molecule has 8 heteroatoms. The number of rotatable bonds is 7. The molecule has 0 saturated carbocycles. The van der Waals surface area contributed by atoms with Crippen LogP contribution in [0.3, 0.4) is 0 Å². The first-order chi connectivity index (χ1) is 16.2. The summed E-state index contributed by atoms with van der Waals surface area (Å²) in [7, 11) is 0. The van der Waals surface area contributed by atoms with E-state index in [1.54, 1.807) is 17.0 Å². The van der Waals surface area contributed by atoms with Crippen molar-refractivity contribution in [3.8, 4) is 0 Å². The summed E-state index contributed by atoms with van der Waals surface area (Å²) >= 11 is 1.38. The summed E-state index contributed by atoms with van der Waals surface area (Å²) in [5.74, 6) is -1.03. The zero-order valence-electron chi connectivity index (χ0n) is 19.3. The van der Waals surface area contributed by atoms with Gasteiger partial charge in [0.05, 0.1) is 11.3 Å². The van der Waals surface area contributed by atoms with E-state index in [1.807, 2.05) is 44.2 Å². The third-order valence-electron chi connectivity index (χ3n) is 5.86. The number of benzene rings is 2. The lowest BCUT2D eigenvalue weighted by atomic mass is 9.95. The van der Waals surface area contributed by atoms with Crippen molar-refractivity contribution in [1.82, 2.24) is 4.90 Å². The fourth-order valence-corrected chi connectivity index (χ4v) is 4.65. The minimum Gasteiger partial charge on any atom is -0.339 e. The van der Waals surface area contributed by atoms with Gasteiger partial charge in [-0.2, -0.15) is 13.2 Å². The Kier molecular flexibility index (Phi) is 8.83. The highest BCUT2D eigenvalue weighted by molar-refractivity contribution is 7.99. The predicted octanol–water partition coefficient (Wildman–Crippen LogP) is 6.49. The number of alkyl halides is 3. The molecule has 1 aliphatic rings. The van der Waals surface area contributed by atoms with E-state index in [1.165, 1.54) is 23.9 Å². The number of nitrogens with one attached hydrogen (secondary N) is 1. The molecule has 0 radical (unpaired) electrons. The van der Waals surface area contributed by atoms with Crippen molar-refractivity contribution in [2.75, 3.05) is 18.4 Å². The molecule has 182 valence electrons. The standard InChI is InChI=1S/C26H29F3N2O2S/c1-3-18(2)34-21-10-11-23(22(17-21)26(27,28)29)30-25(33)20-13-15-31(16-14-20)24(32)12-9-19-7-5-4-6-8-19/h4-12,17-18,20H,3,13-16H2,1-2H3,(H,30,33)/b12-9+. The van der Waals surface area contributed by atoms with Crippen molar-refractivity contribution < 1.29 is 22.8 Å². The van der Waals surface area contributed by atoms with Crippen molar-refractivity contribution in [2.24, 2.45) is 5.92 Å². The Hall–Kier alpha value is -2.74. The highest BCUT2D eigenvalue weighted by Crippen LogP contribution is 2.38. The van der Waals surface area contributed by atoms with E-state index in [0.29, 0.717) is 30.8 Å². The summed E-state index contributed by atoms with van der Waals surface area (Å²) < 4.78 is 41.0. The number of hydrogen-bond acceptors (Lipinski definition) is 3. The summed E-state index contributed by atoms with van der Waals surface area (Å²) in [6.07, 6.45) is 0.316. The molecule has 1 fully saturated rings. The van der Waals surface area contributed by atoms with Gasteiger partial charge < -0.3 is 10.2 Å². The lowest BCUT2D eigenvalue weighted by Gasteiger charge is -2.31. The van der Waals surface area contributed by atoms with Crippen molar-refractivity contribution in [1.29, 1.82) is 0 Å². The maximum absolute atomic E-state index is 13.7. The molecule has 2 aromatic carbocycles. The van der Waals surface area contributed by atoms with Crippen LogP contribution in [0.4, 0.5) is 18.9 Å². The Balaban J connectivity index is 1.60. The minimum absolute atomic E-state index is 0.142. The monoisotopic (exact) mass is 490 g/mol. The molecule has 1 N–H and O–H groups in total. The molecule has 0 aliphatic carbocycles. The Labute approximate surface area is 202 Å². The van der Waals surface area contributed by atoms with E-state index >= 15 is 0 Å². The fraction of sp³-hybridized carbons (Fsp3) is 0.385. The van der Waals surface area contributed by atoms with Gasteiger partial charge in [-0.05, 0) is 49.1 Å². The van der Waals surface area contributed by atoms with Gasteiger partial charge in [0, 0.05) is 35.2 Å². The molecule has 1 aliphatic heterocycles. The Morgan fingerprint density at radius 2 is 1.82 bits per heavy atom. The van der Waals surface area contributed by atoms with Crippen LogP contribution in [0, 0.1) is 5.92 Å². The number of nitrogens with zero attached hydrogens (tertiary/aromatic N) is 1. The van der Waals surface area contributed by atoms with Gasteiger partial charge in [0.25, 0.3) is 0 Å². The zero-order valence-corrected chi connectivity index (χ0v) is 20.1. The largest absolute Gasteiger partial charge is 0.418 e. The molecule has 3 rings (SSSR count). The number of piperidine rings is 1. The topological polar surface area (TPSA) is 49.4 Å². The quantitative estimate of drug-likeness (QED) is 0.357. The summed E-state index contributed by atoms with van der Waals surface area (Å²) in [6.45, 7) is 4.71. The second kappa shape index (κ2) is 11.6. The zero-order chi connectivity index (χ0) is 24.7. The summed E-state index contributed by atoms with van der Waals surface area (Å²) in [6, 6.07) is 13.5. The lowest BCUT2D eigenvalue weighted by Crippen LogP contribution is -2.40. The van der Waals surface area contributed by atoms with Crippen LogP contribution >= 0.6 is 11.8 Å². The number of hydrogen-bond donors (Lipinski definition) is 1. The highest BCUT2D eigenvalue weighted by atomic mass is 32.2. The van der Waals surface area contributed by atoms with Crippen molar-refractivity contribution in [3.63, 3.8) is 0 Å². The molecule has 2 amide bonds. The highest BCUT2D eigenvalue weighted by Gasteiger charge is 2.35. The third kappa shape index (κ3) is 7.13. The second-order valence-electron chi connectivity index (χ2n) is 8.37. The molecular weight excluding hydrogens is 461 g/mol. The van der Waals surface area contributed by atoms with Crippen LogP contribution in [0.1, 0.15) is 44.2 Å². The second-order valence-corrected chi connectivity index (χ2v) is 9.89. The molecule has 2 aromatic rings. The number of halogens is 3. The van der Waals surface area contributed by atoms with Crippen LogP contribution in [0.25, 0.3) is 6.08 Å². The van der Waals surface area contributed by atoms with Gasteiger partial charge >= 0.3 is 6.18 Å². The number of carbonyl (C=O) groups excluding carboxylic acids is 2. The van der Waals surface area contributed by atoms with E-state index in [4.69, 9.17) is 0 Å². The smallest absolute Gasteiger partial charge is 0.339 e. The van der Waals surface area contributed by atoms with E-state index in [9.17, 15) is 22.8 Å². The Morgan fingerprint density at radius 1 is 1.15 bits per heavy atom. The number of thioether (sulfide) groups is 1. The third-order valence-corrected chi connectivity index (χ3v) is 7.12. The van der Waals surface area contributed by atoms with Crippen LogP contribution in [0.15, 0.2) is 59.5 Å². The maximum Gasteiger partial charge on any atom is 0.418 e. The van der Waals surface area contributed by atoms with Crippen LogP contribution in [-0.4, -0.2) is 35.1 Å². The van der Waals surface area contributed by atoms with Gasteiger partial charge in [-0.3, -0.25) is 9.59 Å². The molecule has 0 spiro atoms. The van der Waals surface area contributed by atoms with Crippen molar-refractivity contribution >= 4 is 35.3 Å². The van der Waals surface area contributed by atoms with Gasteiger partial charge in [-0.25, -0.2) is 0 Å². The van der Waals surface area contributed by atoms with E-state index in [0.717, 1.165) is 18.1 Å². The fourth-order valence-electron chi connectivity index (χ4n) is 3.69. The van der Waals surface area contributed by atoms with Gasteiger partial charge in [-0.1, -0.05) is 44.2 Å². The first-order valence-corrected chi connectivity index (χ1v) is 12.3. The predicted molar refractivity (Wildman–Crippen MR) is 130 cm³/mol. The number of likely N-dealkylation sites (tertiary alicyclic amines) is 1. The van der Waals surface area contributed by atoms with E-state index in [2.05, 4.69) is 5.32 Å². The molecule has 0 aromatic heterocycles. The van der Waals surface area contributed by atoms with Gasteiger partial charge in [-0.15, -0.1) is 11.8 Å². The average molecular weight is 491 g/mol. The molecule has 4 nitrogen and oxygen atoms in total. The molecular formula is C26H29F3N2O2S. The summed E-state index contributed by atoms with van der Waals surface area (Å²) in [5.41, 5.74) is -0.151.